The van der Waals surface area contributed by atoms with Gasteiger partial charge >= 0.3 is 0 Å². The Morgan fingerprint density at radius 1 is 1.33 bits per heavy atom. The predicted octanol–water partition coefficient (Wildman–Crippen LogP) is 5.12. The van der Waals surface area contributed by atoms with E-state index in [-0.39, 0.29) is 11.2 Å². The first-order chi connectivity index (χ1) is 10.1. The smallest absolute Gasteiger partial charge is 0.168 e. The van der Waals surface area contributed by atoms with Gasteiger partial charge in [-0.05, 0) is 37.5 Å². The summed E-state index contributed by atoms with van der Waals surface area (Å²) in [5, 5.41) is -0.00909. The molecule has 0 N–H and O–H groups in total. The van der Waals surface area contributed by atoms with Crippen molar-refractivity contribution in [3.63, 3.8) is 0 Å². The Morgan fingerprint density at radius 2 is 2.10 bits per heavy atom. The molecule has 0 fully saturated rings. The van der Waals surface area contributed by atoms with E-state index < -0.39 is 0 Å². The zero-order chi connectivity index (χ0) is 15.5. The standard InChI is InChI=1S/C18H22ClNO/c1-3-4-5-9-16(15(2)19)10-6-7-12-18(21)17-11-8-13-20-14-17/h4-9,11,13-15H,3,10,12H2,1-2H3/b5-4-,7-6+,16-9-. The highest BCUT2D eigenvalue weighted by Gasteiger charge is 2.04. The summed E-state index contributed by atoms with van der Waals surface area (Å²) in [7, 11) is 0. The third-order valence-corrected chi connectivity index (χ3v) is 3.28. The van der Waals surface area contributed by atoms with Gasteiger partial charge < -0.3 is 0 Å². The maximum Gasteiger partial charge on any atom is 0.168 e. The van der Waals surface area contributed by atoms with Crippen molar-refractivity contribution >= 4 is 17.4 Å². The van der Waals surface area contributed by atoms with Gasteiger partial charge in [-0.15, -0.1) is 11.6 Å². The van der Waals surface area contributed by atoms with Crippen molar-refractivity contribution < 1.29 is 4.79 Å². The van der Waals surface area contributed by atoms with Crippen LogP contribution in [0.1, 0.15) is 43.5 Å². The second-order valence-electron chi connectivity index (χ2n) is 4.74. The van der Waals surface area contributed by atoms with Gasteiger partial charge in [0, 0.05) is 24.4 Å². The molecule has 1 heterocycles. The van der Waals surface area contributed by atoms with Crippen molar-refractivity contribution in [2.45, 2.75) is 38.5 Å². The topological polar surface area (TPSA) is 30.0 Å². The van der Waals surface area contributed by atoms with Gasteiger partial charge in [0.1, 0.15) is 0 Å². The molecule has 0 aliphatic heterocycles. The largest absolute Gasteiger partial charge is 0.294 e. The molecule has 0 spiro atoms. The number of carbonyl (C=O) groups excluding carboxylic acids is 1. The molecule has 1 aromatic heterocycles. The summed E-state index contributed by atoms with van der Waals surface area (Å²) in [5.41, 5.74) is 1.79. The maximum absolute atomic E-state index is 11.9. The number of allylic oxidation sites excluding steroid dienone is 6. The fraction of sp³-hybridized carbons (Fsp3) is 0.333. The first-order valence-electron chi connectivity index (χ1n) is 7.23. The maximum atomic E-state index is 11.9. The molecule has 0 bridgehead atoms. The second kappa shape index (κ2) is 10.1. The van der Waals surface area contributed by atoms with Crippen LogP contribution in [0.2, 0.25) is 0 Å². The van der Waals surface area contributed by atoms with E-state index in [0.29, 0.717) is 12.0 Å². The van der Waals surface area contributed by atoms with Gasteiger partial charge in [-0.1, -0.05) is 37.3 Å². The molecule has 0 saturated heterocycles. The molecule has 3 heteroatoms. The first kappa shape index (κ1) is 17.4. The molecule has 0 aliphatic rings. The molecule has 1 aromatic rings. The van der Waals surface area contributed by atoms with Gasteiger partial charge in [0.05, 0.1) is 5.38 Å². The SMILES string of the molecule is CC/C=C\C=C(\C/C=C/CC(=O)c1cccnc1)C(C)Cl. The number of alkyl halides is 1. The van der Waals surface area contributed by atoms with Crippen LogP contribution in [0.25, 0.3) is 0 Å². The fourth-order valence-corrected chi connectivity index (χ4v) is 1.91. The van der Waals surface area contributed by atoms with Crippen LogP contribution in [-0.4, -0.2) is 16.1 Å². The lowest BCUT2D eigenvalue weighted by Gasteiger charge is -2.05. The monoisotopic (exact) mass is 303 g/mol. The Morgan fingerprint density at radius 3 is 2.71 bits per heavy atom. The van der Waals surface area contributed by atoms with Crippen LogP contribution in [0.3, 0.4) is 0 Å². The zero-order valence-corrected chi connectivity index (χ0v) is 13.4. The number of hydrogen-bond acceptors (Lipinski definition) is 2. The van der Waals surface area contributed by atoms with Crippen LogP contribution in [0.5, 0.6) is 0 Å². The molecule has 1 rings (SSSR count). The van der Waals surface area contributed by atoms with Crippen LogP contribution in [0.15, 0.2) is 60.5 Å². The van der Waals surface area contributed by atoms with Crippen LogP contribution in [-0.2, 0) is 0 Å². The molecule has 0 radical (unpaired) electrons. The Kier molecular flexibility index (Phi) is 8.37. The number of pyridine rings is 1. The number of ketones is 1. The molecule has 2 nitrogen and oxygen atoms in total. The minimum Gasteiger partial charge on any atom is -0.294 e. The van der Waals surface area contributed by atoms with Crippen LogP contribution < -0.4 is 0 Å². The fourth-order valence-electron chi connectivity index (χ4n) is 1.75. The van der Waals surface area contributed by atoms with E-state index in [2.05, 4.69) is 24.1 Å². The van der Waals surface area contributed by atoms with Crippen molar-refractivity contribution in [3.8, 4) is 0 Å². The predicted molar refractivity (Wildman–Crippen MR) is 89.8 cm³/mol. The number of carbonyl (C=O) groups is 1. The number of hydrogen-bond donors (Lipinski definition) is 0. The molecular weight excluding hydrogens is 282 g/mol. The summed E-state index contributed by atoms with van der Waals surface area (Å²) in [6.45, 7) is 4.06. The van der Waals surface area contributed by atoms with E-state index in [9.17, 15) is 4.79 Å². The molecule has 112 valence electrons. The minimum atomic E-state index is -0.00909. The van der Waals surface area contributed by atoms with E-state index in [1.165, 1.54) is 0 Å². The van der Waals surface area contributed by atoms with Gasteiger partial charge in [0.2, 0.25) is 0 Å². The first-order valence-corrected chi connectivity index (χ1v) is 7.66. The Balaban J connectivity index is 2.51. The Hall–Kier alpha value is -1.67. The highest BCUT2D eigenvalue weighted by Crippen LogP contribution is 2.15. The Labute approximate surface area is 132 Å². The van der Waals surface area contributed by atoms with Crippen molar-refractivity contribution in [2.75, 3.05) is 0 Å². The van der Waals surface area contributed by atoms with Crippen molar-refractivity contribution in [3.05, 3.63) is 66.0 Å². The number of halogens is 1. The van der Waals surface area contributed by atoms with Crippen LogP contribution >= 0.6 is 11.6 Å². The lowest BCUT2D eigenvalue weighted by Crippen LogP contribution is -1.98. The highest BCUT2D eigenvalue weighted by molar-refractivity contribution is 6.22. The van der Waals surface area contributed by atoms with E-state index in [4.69, 9.17) is 11.6 Å². The van der Waals surface area contributed by atoms with Crippen molar-refractivity contribution in [1.29, 1.82) is 0 Å². The van der Waals surface area contributed by atoms with Gasteiger partial charge in [0.15, 0.2) is 5.78 Å². The van der Waals surface area contributed by atoms with Crippen LogP contribution in [0, 0.1) is 0 Å². The van der Waals surface area contributed by atoms with E-state index in [1.807, 2.05) is 25.2 Å². The summed E-state index contributed by atoms with van der Waals surface area (Å²) in [5.74, 6) is 0.0784. The van der Waals surface area contributed by atoms with Gasteiger partial charge in [0.25, 0.3) is 0 Å². The van der Waals surface area contributed by atoms with Gasteiger partial charge in [-0.2, -0.15) is 0 Å². The minimum absolute atomic E-state index is 0.00909. The van der Waals surface area contributed by atoms with Gasteiger partial charge in [-0.3, -0.25) is 9.78 Å². The quantitative estimate of drug-likeness (QED) is 0.289. The van der Waals surface area contributed by atoms with E-state index >= 15 is 0 Å². The normalized spacial score (nSPS) is 14.0. The summed E-state index contributed by atoms with van der Waals surface area (Å²) in [6, 6.07) is 3.55. The average molecular weight is 304 g/mol. The van der Waals surface area contributed by atoms with Crippen molar-refractivity contribution in [2.24, 2.45) is 0 Å². The van der Waals surface area contributed by atoms with E-state index in [0.717, 1.165) is 18.4 Å². The molecule has 0 aromatic carbocycles. The summed E-state index contributed by atoms with van der Waals surface area (Å²) in [6.07, 6.45) is 15.5. The molecule has 1 atom stereocenters. The molecular formula is C18H22ClNO. The molecule has 0 saturated carbocycles. The molecule has 0 amide bonds. The number of Topliss-reactive ketones (excluding diaryl/α,β-unsaturated/α-hetero) is 1. The zero-order valence-electron chi connectivity index (χ0n) is 12.6. The summed E-state index contributed by atoms with van der Waals surface area (Å²) < 4.78 is 0. The number of nitrogens with zero attached hydrogens (tertiary/aromatic N) is 1. The van der Waals surface area contributed by atoms with Crippen LogP contribution in [0.4, 0.5) is 0 Å². The molecule has 0 aliphatic carbocycles. The molecule has 1 unspecified atom stereocenters. The second-order valence-corrected chi connectivity index (χ2v) is 5.39. The summed E-state index contributed by atoms with van der Waals surface area (Å²) >= 11 is 6.15. The Bertz CT molecular complexity index is 515. The third-order valence-electron chi connectivity index (χ3n) is 3.00. The van der Waals surface area contributed by atoms with E-state index in [1.54, 1.807) is 24.5 Å². The number of aromatic nitrogens is 1. The summed E-state index contributed by atoms with van der Waals surface area (Å²) in [4.78, 5) is 15.8. The molecule has 21 heavy (non-hydrogen) atoms. The van der Waals surface area contributed by atoms with Crippen molar-refractivity contribution in [1.82, 2.24) is 4.98 Å². The highest BCUT2D eigenvalue weighted by atomic mass is 35.5. The lowest BCUT2D eigenvalue weighted by molar-refractivity contribution is 0.0995. The number of rotatable bonds is 8. The van der Waals surface area contributed by atoms with Gasteiger partial charge in [-0.25, -0.2) is 0 Å². The third kappa shape index (κ3) is 7.05. The average Bonchev–Trinajstić information content (AvgIpc) is 2.50. The lowest BCUT2D eigenvalue weighted by atomic mass is 10.1.